The molecule has 0 saturated carbocycles. The number of hydrogen-bond acceptors (Lipinski definition) is 4. The maximum atomic E-state index is 13.0. The number of benzene rings is 2. The first kappa shape index (κ1) is 17.8. The Morgan fingerprint density at radius 3 is 2.68 bits per heavy atom. The Balaban J connectivity index is 1.23. The van der Waals surface area contributed by atoms with Crippen molar-refractivity contribution in [3.8, 4) is 0 Å². The van der Waals surface area contributed by atoms with Gasteiger partial charge in [-0.2, -0.15) is 0 Å². The maximum Gasteiger partial charge on any atom is 0.253 e. The molecule has 3 heterocycles. The van der Waals surface area contributed by atoms with Gasteiger partial charge in [-0.1, -0.05) is 24.3 Å². The van der Waals surface area contributed by atoms with E-state index in [1.54, 1.807) is 11.3 Å². The minimum Gasteiger partial charge on any atom is -0.339 e. The lowest BCUT2D eigenvalue weighted by Crippen LogP contribution is -2.48. The molecule has 0 unspecified atom stereocenters. The van der Waals surface area contributed by atoms with Gasteiger partial charge >= 0.3 is 0 Å². The van der Waals surface area contributed by atoms with E-state index in [0.717, 1.165) is 66.2 Å². The molecule has 4 nitrogen and oxygen atoms in total. The summed E-state index contributed by atoms with van der Waals surface area (Å²) >= 11 is 1.68. The number of hydrogen-bond donors (Lipinski definition) is 0. The molecular weight excluding hydrogens is 366 g/mol. The minimum atomic E-state index is 0.148. The topological polar surface area (TPSA) is 36.4 Å². The summed E-state index contributed by atoms with van der Waals surface area (Å²) in [7, 11) is 0. The van der Waals surface area contributed by atoms with Crippen LogP contribution < -0.4 is 0 Å². The SMILES string of the molecule is Cc1nc2cc(C(=O)N3CCC(N4CCc5ccccc5C4)CC3)ccc2s1. The van der Waals surface area contributed by atoms with Gasteiger partial charge in [0.25, 0.3) is 5.91 Å². The summed E-state index contributed by atoms with van der Waals surface area (Å²) < 4.78 is 1.15. The molecule has 0 atom stereocenters. The van der Waals surface area contributed by atoms with Crippen LogP contribution in [-0.4, -0.2) is 46.4 Å². The number of likely N-dealkylation sites (tertiary alicyclic amines) is 1. The lowest BCUT2D eigenvalue weighted by Gasteiger charge is -2.40. The molecule has 144 valence electrons. The number of amides is 1. The Morgan fingerprint density at radius 2 is 1.86 bits per heavy atom. The standard InChI is InChI=1S/C23H25N3OS/c1-16-24-21-14-18(6-7-22(21)28-16)23(27)25-12-9-20(10-13-25)26-11-8-17-4-2-3-5-19(17)15-26/h2-7,14,20H,8-13,15H2,1H3. The van der Waals surface area contributed by atoms with E-state index in [0.29, 0.717) is 6.04 Å². The number of fused-ring (bicyclic) bond motifs is 2. The fraction of sp³-hybridized carbons (Fsp3) is 0.391. The molecule has 5 heteroatoms. The summed E-state index contributed by atoms with van der Waals surface area (Å²) in [6.45, 7) is 5.88. The van der Waals surface area contributed by atoms with Gasteiger partial charge in [-0.15, -0.1) is 11.3 Å². The van der Waals surface area contributed by atoms with E-state index in [9.17, 15) is 4.79 Å². The molecule has 3 aromatic rings. The first-order valence-corrected chi connectivity index (χ1v) is 11.0. The molecule has 1 fully saturated rings. The van der Waals surface area contributed by atoms with Gasteiger partial charge in [-0.05, 0) is 55.5 Å². The molecule has 1 saturated heterocycles. The predicted octanol–water partition coefficient (Wildman–Crippen LogP) is 4.27. The van der Waals surface area contributed by atoms with Crippen LogP contribution in [0.2, 0.25) is 0 Å². The van der Waals surface area contributed by atoms with Crippen LogP contribution in [0.1, 0.15) is 39.3 Å². The van der Waals surface area contributed by atoms with Crippen LogP contribution in [0.5, 0.6) is 0 Å². The molecule has 0 radical (unpaired) electrons. The van der Waals surface area contributed by atoms with Crippen molar-refractivity contribution in [2.45, 2.75) is 38.8 Å². The Hall–Kier alpha value is -2.24. The number of aryl methyl sites for hydroxylation is 1. The van der Waals surface area contributed by atoms with Crippen molar-refractivity contribution >= 4 is 27.5 Å². The average molecular weight is 392 g/mol. The monoisotopic (exact) mass is 391 g/mol. The molecular formula is C23H25N3OS. The van der Waals surface area contributed by atoms with Crippen molar-refractivity contribution in [2.75, 3.05) is 19.6 Å². The normalized spacial score (nSPS) is 18.4. The zero-order valence-electron chi connectivity index (χ0n) is 16.2. The van der Waals surface area contributed by atoms with Crippen molar-refractivity contribution in [2.24, 2.45) is 0 Å². The van der Waals surface area contributed by atoms with Crippen LogP contribution in [0.3, 0.4) is 0 Å². The number of thiazole rings is 1. The van der Waals surface area contributed by atoms with Crippen LogP contribution >= 0.6 is 11.3 Å². The Morgan fingerprint density at radius 1 is 1.07 bits per heavy atom. The average Bonchev–Trinajstić information content (AvgIpc) is 3.12. The zero-order chi connectivity index (χ0) is 19.1. The number of rotatable bonds is 2. The van der Waals surface area contributed by atoms with Gasteiger partial charge in [0.05, 0.1) is 15.2 Å². The quantitative estimate of drug-likeness (QED) is 0.655. The second-order valence-electron chi connectivity index (χ2n) is 7.93. The number of nitrogens with zero attached hydrogens (tertiary/aromatic N) is 3. The van der Waals surface area contributed by atoms with Crippen LogP contribution in [0.15, 0.2) is 42.5 Å². The molecule has 1 amide bonds. The third-order valence-electron chi connectivity index (χ3n) is 6.17. The fourth-order valence-electron chi connectivity index (χ4n) is 4.62. The second kappa shape index (κ2) is 7.30. The van der Waals surface area contributed by atoms with Crippen molar-refractivity contribution in [1.29, 1.82) is 0 Å². The molecule has 1 aromatic heterocycles. The molecule has 2 aliphatic rings. The predicted molar refractivity (Wildman–Crippen MR) is 114 cm³/mol. The van der Waals surface area contributed by atoms with Crippen molar-refractivity contribution in [3.05, 3.63) is 64.2 Å². The van der Waals surface area contributed by atoms with Crippen molar-refractivity contribution < 1.29 is 4.79 Å². The summed E-state index contributed by atoms with van der Waals surface area (Å²) in [6, 6.07) is 15.3. The van der Waals surface area contributed by atoms with E-state index < -0.39 is 0 Å². The van der Waals surface area contributed by atoms with Gasteiger partial charge in [-0.25, -0.2) is 4.98 Å². The van der Waals surface area contributed by atoms with E-state index in [2.05, 4.69) is 34.1 Å². The van der Waals surface area contributed by atoms with Crippen LogP contribution in [0.25, 0.3) is 10.2 Å². The molecule has 0 spiro atoms. The summed E-state index contributed by atoms with van der Waals surface area (Å²) in [5.74, 6) is 0.148. The van der Waals surface area contributed by atoms with Gasteiger partial charge in [0.1, 0.15) is 0 Å². The molecule has 2 aromatic carbocycles. The van der Waals surface area contributed by atoms with E-state index in [1.807, 2.05) is 30.0 Å². The largest absolute Gasteiger partial charge is 0.339 e. The lowest BCUT2D eigenvalue weighted by molar-refractivity contribution is 0.0599. The Labute approximate surface area is 169 Å². The lowest BCUT2D eigenvalue weighted by atomic mass is 9.95. The van der Waals surface area contributed by atoms with Gasteiger partial charge < -0.3 is 4.90 Å². The Bertz CT molecular complexity index is 1020. The Kier molecular flexibility index (Phi) is 4.65. The highest BCUT2D eigenvalue weighted by Gasteiger charge is 2.29. The van der Waals surface area contributed by atoms with Crippen LogP contribution in [0.4, 0.5) is 0 Å². The van der Waals surface area contributed by atoms with Gasteiger partial charge in [0, 0.05) is 37.8 Å². The van der Waals surface area contributed by atoms with Crippen LogP contribution in [0, 0.1) is 6.92 Å². The number of piperidine rings is 1. The highest BCUT2D eigenvalue weighted by Crippen LogP contribution is 2.27. The third-order valence-corrected chi connectivity index (χ3v) is 7.12. The maximum absolute atomic E-state index is 13.0. The molecule has 5 rings (SSSR count). The second-order valence-corrected chi connectivity index (χ2v) is 9.16. The minimum absolute atomic E-state index is 0.148. The first-order chi connectivity index (χ1) is 13.7. The van der Waals surface area contributed by atoms with Crippen molar-refractivity contribution in [1.82, 2.24) is 14.8 Å². The molecule has 0 bridgehead atoms. The molecule has 28 heavy (non-hydrogen) atoms. The van der Waals surface area contributed by atoms with Crippen LogP contribution in [-0.2, 0) is 13.0 Å². The zero-order valence-corrected chi connectivity index (χ0v) is 17.0. The summed E-state index contributed by atoms with van der Waals surface area (Å²) in [5.41, 5.74) is 4.68. The first-order valence-electron chi connectivity index (χ1n) is 10.1. The third kappa shape index (κ3) is 3.33. The molecule has 2 aliphatic heterocycles. The van der Waals surface area contributed by atoms with Gasteiger partial charge in [0.2, 0.25) is 0 Å². The van der Waals surface area contributed by atoms with E-state index in [-0.39, 0.29) is 5.91 Å². The highest BCUT2D eigenvalue weighted by molar-refractivity contribution is 7.18. The van der Waals surface area contributed by atoms with Gasteiger partial charge in [0.15, 0.2) is 0 Å². The van der Waals surface area contributed by atoms with E-state index in [1.165, 1.54) is 11.1 Å². The summed E-state index contributed by atoms with van der Waals surface area (Å²) in [6.07, 6.45) is 3.26. The smallest absolute Gasteiger partial charge is 0.253 e. The summed E-state index contributed by atoms with van der Waals surface area (Å²) in [5, 5.41) is 1.04. The fourth-order valence-corrected chi connectivity index (χ4v) is 5.43. The van der Waals surface area contributed by atoms with Crippen molar-refractivity contribution in [3.63, 3.8) is 0 Å². The number of carbonyl (C=O) groups excluding carboxylic acids is 1. The molecule has 0 N–H and O–H groups in total. The van der Waals surface area contributed by atoms with E-state index >= 15 is 0 Å². The highest BCUT2D eigenvalue weighted by atomic mass is 32.1. The number of carbonyl (C=O) groups is 1. The number of aromatic nitrogens is 1. The van der Waals surface area contributed by atoms with Gasteiger partial charge in [-0.3, -0.25) is 9.69 Å². The molecule has 0 aliphatic carbocycles. The summed E-state index contributed by atoms with van der Waals surface area (Å²) in [4.78, 5) is 22.2. The van der Waals surface area contributed by atoms with E-state index in [4.69, 9.17) is 0 Å².